The van der Waals surface area contributed by atoms with Crippen LogP contribution in [0.1, 0.15) is 15.2 Å². The molecule has 3 aromatic rings. The molecule has 0 aliphatic rings. The highest BCUT2D eigenvalue weighted by atomic mass is 32.2. The van der Waals surface area contributed by atoms with Gasteiger partial charge in [0.1, 0.15) is 10.0 Å². The van der Waals surface area contributed by atoms with Crippen LogP contribution in [0.25, 0.3) is 0 Å². The molecule has 1 aromatic heterocycles. The zero-order chi connectivity index (χ0) is 17.9. The van der Waals surface area contributed by atoms with Gasteiger partial charge in [0.15, 0.2) is 0 Å². The Morgan fingerprint density at radius 1 is 0.960 bits per heavy atom. The molecule has 0 bridgehead atoms. The van der Waals surface area contributed by atoms with E-state index in [9.17, 15) is 17.6 Å². The van der Waals surface area contributed by atoms with Crippen LogP contribution >= 0.6 is 11.3 Å². The lowest BCUT2D eigenvalue weighted by Crippen LogP contribution is -2.21. The lowest BCUT2D eigenvalue weighted by Gasteiger charge is -2.04. The van der Waals surface area contributed by atoms with Crippen LogP contribution in [0.15, 0.2) is 75.8 Å². The third-order valence-corrected chi connectivity index (χ3v) is 6.84. The summed E-state index contributed by atoms with van der Waals surface area (Å²) in [7, 11) is -3.63. The fourth-order valence-corrected chi connectivity index (χ4v) is 4.82. The van der Waals surface area contributed by atoms with Crippen molar-refractivity contribution in [3.8, 4) is 0 Å². The molecule has 0 fully saturated rings. The smallest absolute Gasteiger partial charge is 0.261 e. The highest BCUT2D eigenvalue weighted by molar-refractivity contribution is 7.93. The molecule has 0 saturated carbocycles. The Balaban J connectivity index is 1.72. The van der Waals surface area contributed by atoms with Gasteiger partial charge in [-0.15, -0.1) is 11.3 Å². The first-order valence-electron chi connectivity index (χ1n) is 7.39. The molecule has 3 rings (SSSR count). The van der Waals surface area contributed by atoms with Crippen LogP contribution in [-0.2, 0) is 16.4 Å². The lowest BCUT2D eigenvalue weighted by molar-refractivity contribution is 0.0955. The summed E-state index contributed by atoms with van der Waals surface area (Å²) in [4.78, 5) is 12.7. The summed E-state index contributed by atoms with van der Waals surface area (Å²) in [6.45, 7) is 0.234. The van der Waals surface area contributed by atoms with E-state index in [0.29, 0.717) is 4.88 Å². The van der Waals surface area contributed by atoms with E-state index in [0.717, 1.165) is 16.9 Å². The number of sulfone groups is 1. The van der Waals surface area contributed by atoms with Crippen molar-refractivity contribution in [2.24, 2.45) is 0 Å². The Bertz CT molecular complexity index is 981. The molecule has 0 spiro atoms. The third-order valence-electron chi connectivity index (χ3n) is 3.49. The van der Waals surface area contributed by atoms with E-state index in [1.54, 1.807) is 30.3 Å². The molecular weight excluding hydrogens is 361 g/mol. The SMILES string of the molecule is O=C(NCc1ccc(F)cc1)c1ccc(S(=O)(=O)c2ccccc2)s1. The molecule has 7 heteroatoms. The van der Waals surface area contributed by atoms with Gasteiger partial charge in [0.2, 0.25) is 9.84 Å². The lowest BCUT2D eigenvalue weighted by atomic mass is 10.2. The second-order valence-corrected chi connectivity index (χ2v) is 8.50. The molecule has 128 valence electrons. The quantitative estimate of drug-likeness (QED) is 0.740. The van der Waals surface area contributed by atoms with Crippen LogP contribution in [0.3, 0.4) is 0 Å². The number of benzene rings is 2. The van der Waals surface area contributed by atoms with Gasteiger partial charge in [-0.1, -0.05) is 30.3 Å². The molecule has 0 radical (unpaired) electrons. The van der Waals surface area contributed by atoms with E-state index in [2.05, 4.69) is 5.32 Å². The summed E-state index contributed by atoms with van der Waals surface area (Å²) in [5.41, 5.74) is 0.753. The Morgan fingerprint density at radius 2 is 1.64 bits per heavy atom. The number of halogens is 1. The van der Waals surface area contributed by atoms with Gasteiger partial charge in [0.25, 0.3) is 5.91 Å². The first kappa shape index (κ1) is 17.3. The van der Waals surface area contributed by atoms with Gasteiger partial charge < -0.3 is 5.32 Å². The largest absolute Gasteiger partial charge is 0.347 e. The minimum absolute atomic E-state index is 0.116. The number of amides is 1. The van der Waals surface area contributed by atoms with E-state index in [4.69, 9.17) is 0 Å². The first-order valence-corrected chi connectivity index (χ1v) is 9.69. The highest BCUT2D eigenvalue weighted by Crippen LogP contribution is 2.27. The van der Waals surface area contributed by atoms with Crippen LogP contribution < -0.4 is 5.32 Å². The molecule has 0 saturated heterocycles. The number of hydrogen-bond acceptors (Lipinski definition) is 4. The monoisotopic (exact) mass is 375 g/mol. The summed E-state index contributed by atoms with van der Waals surface area (Å²) >= 11 is 0.920. The summed E-state index contributed by atoms with van der Waals surface area (Å²) in [5, 5.41) is 2.69. The Kier molecular flexibility index (Phi) is 4.96. The topological polar surface area (TPSA) is 63.2 Å². The molecule has 0 atom stereocenters. The summed E-state index contributed by atoms with van der Waals surface area (Å²) in [6.07, 6.45) is 0. The van der Waals surface area contributed by atoms with Crippen molar-refractivity contribution in [3.05, 3.63) is 83.0 Å². The number of hydrogen-bond donors (Lipinski definition) is 1. The standard InChI is InChI=1S/C18H14FNO3S2/c19-14-8-6-13(7-9-14)12-20-18(21)16-10-11-17(24-16)25(22,23)15-4-2-1-3-5-15/h1-11H,12H2,(H,20,21). The van der Waals surface area contributed by atoms with E-state index in [1.165, 1.54) is 36.4 Å². The van der Waals surface area contributed by atoms with Gasteiger partial charge in [-0.25, -0.2) is 12.8 Å². The van der Waals surface area contributed by atoms with Gasteiger partial charge in [-0.05, 0) is 42.0 Å². The molecule has 1 N–H and O–H groups in total. The van der Waals surface area contributed by atoms with Gasteiger partial charge >= 0.3 is 0 Å². The normalized spacial score (nSPS) is 11.2. The van der Waals surface area contributed by atoms with Crippen molar-refractivity contribution < 1.29 is 17.6 Å². The second-order valence-electron chi connectivity index (χ2n) is 5.24. The Labute approximate surface area is 148 Å². The summed E-state index contributed by atoms with van der Waals surface area (Å²) in [5.74, 6) is -0.715. The van der Waals surface area contributed by atoms with Crippen molar-refractivity contribution in [1.29, 1.82) is 0 Å². The van der Waals surface area contributed by atoms with Crippen LogP contribution in [0.2, 0.25) is 0 Å². The minimum Gasteiger partial charge on any atom is -0.347 e. The van der Waals surface area contributed by atoms with Crippen molar-refractivity contribution in [2.45, 2.75) is 15.6 Å². The van der Waals surface area contributed by atoms with Gasteiger partial charge in [0.05, 0.1) is 9.77 Å². The zero-order valence-electron chi connectivity index (χ0n) is 13.0. The molecule has 0 aliphatic heterocycles. The van der Waals surface area contributed by atoms with Gasteiger partial charge in [-0.3, -0.25) is 4.79 Å². The predicted molar refractivity (Wildman–Crippen MR) is 93.8 cm³/mol. The Hall–Kier alpha value is -2.51. The van der Waals surface area contributed by atoms with E-state index in [-0.39, 0.29) is 27.4 Å². The number of rotatable bonds is 5. The predicted octanol–water partition coefficient (Wildman–Crippen LogP) is 3.65. The fourth-order valence-electron chi connectivity index (χ4n) is 2.17. The van der Waals surface area contributed by atoms with Crippen LogP contribution in [0, 0.1) is 5.82 Å². The molecule has 0 unspecified atom stereocenters. The van der Waals surface area contributed by atoms with E-state index < -0.39 is 9.84 Å². The van der Waals surface area contributed by atoms with Crippen molar-refractivity contribution in [1.82, 2.24) is 5.32 Å². The molecule has 4 nitrogen and oxygen atoms in total. The molecule has 2 aromatic carbocycles. The molecular formula is C18H14FNO3S2. The zero-order valence-corrected chi connectivity index (χ0v) is 14.6. The second kappa shape index (κ2) is 7.16. The van der Waals surface area contributed by atoms with Gasteiger partial charge in [0, 0.05) is 6.54 Å². The third kappa shape index (κ3) is 3.94. The Morgan fingerprint density at radius 3 is 2.32 bits per heavy atom. The minimum atomic E-state index is -3.63. The molecule has 0 aliphatic carbocycles. The average molecular weight is 375 g/mol. The first-order chi connectivity index (χ1) is 12.0. The van der Waals surface area contributed by atoms with Crippen LogP contribution in [0.4, 0.5) is 4.39 Å². The maximum absolute atomic E-state index is 12.9. The summed E-state index contributed by atoms with van der Waals surface area (Å²) in [6, 6.07) is 16.8. The number of carbonyl (C=O) groups excluding carboxylic acids is 1. The summed E-state index contributed by atoms with van der Waals surface area (Å²) < 4.78 is 38.0. The van der Waals surface area contributed by atoms with Crippen molar-refractivity contribution >= 4 is 27.1 Å². The molecule has 1 heterocycles. The van der Waals surface area contributed by atoms with Crippen molar-refractivity contribution in [3.63, 3.8) is 0 Å². The van der Waals surface area contributed by atoms with E-state index >= 15 is 0 Å². The number of thiophene rings is 1. The average Bonchev–Trinajstić information content (AvgIpc) is 3.13. The molecule has 25 heavy (non-hydrogen) atoms. The van der Waals surface area contributed by atoms with Crippen LogP contribution in [-0.4, -0.2) is 14.3 Å². The maximum atomic E-state index is 12.9. The molecule has 1 amide bonds. The number of carbonyl (C=O) groups is 1. The number of nitrogens with one attached hydrogen (secondary N) is 1. The highest BCUT2D eigenvalue weighted by Gasteiger charge is 2.21. The van der Waals surface area contributed by atoms with E-state index in [1.807, 2.05) is 0 Å². The van der Waals surface area contributed by atoms with Crippen LogP contribution in [0.5, 0.6) is 0 Å². The van der Waals surface area contributed by atoms with Gasteiger partial charge in [-0.2, -0.15) is 0 Å². The van der Waals surface area contributed by atoms with Crippen molar-refractivity contribution in [2.75, 3.05) is 0 Å². The fraction of sp³-hybridized carbons (Fsp3) is 0.0556. The maximum Gasteiger partial charge on any atom is 0.261 e.